The Balaban J connectivity index is 1.45. The number of amides is 1. The van der Waals surface area contributed by atoms with E-state index in [9.17, 15) is 9.18 Å². The normalized spacial score (nSPS) is 17.0. The first kappa shape index (κ1) is 17.8. The van der Waals surface area contributed by atoms with Crippen LogP contribution in [-0.2, 0) is 22.7 Å². The fourth-order valence-electron chi connectivity index (χ4n) is 2.46. The van der Waals surface area contributed by atoms with Gasteiger partial charge in [-0.05, 0) is 18.6 Å². The number of ether oxygens (including phenoxy) is 2. The highest BCUT2D eigenvalue weighted by Crippen LogP contribution is 2.16. The summed E-state index contributed by atoms with van der Waals surface area (Å²) in [5, 5.41) is 6.86. The molecule has 134 valence electrons. The summed E-state index contributed by atoms with van der Waals surface area (Å²) < 4.78 is 29.4. The van der Waals surface area contributed by atoms with Crippen molar-refractivity contribution in [3.8, 4) is 0 Å². The molecule has 1 atom stereocenters. The van der Waals surface area contributed by atoms with Crippen LogP contribution in [0.5, 0.6) is 0 Å². The Morgan fingerprint density at radius 3 is 3.04 bits per heavy atom. The van der Waals surface area contributed by atoms with Gasteiger partial charge in [-0.3, -0.25) is 4.79 Å². The van der Waals surface area contributed by atoms with E-state index >= 15 is 0 Å². The predicted octanol–water partition coefficient (Wildman–Crippen LogP) is 2.95. The number of aromatic nitrogens is 1. The lowest BCUT2D eigenvalue weighted by atomic mass is 10.1. The first-order valence-electron chi connectivity index (χ1n) is 7.95. The Kier molecular flexibility index (Phi) is 6.01. The zero-order chi connectivity index (χ0) is 17.6. The highest BCUT2D eigenvalue weighted by atomic mass is 35.5. The van der Waals surface area contributed by atoms with Gasteiger partial charge in [0.25, 0.3) is 5.91 Å². The minimum atomic E-state index is -0.430. The van der Waals surface area contributed by atoms with E-state index in [2.05, 4.69) is 10.5 Å². The van der Waals surface area contributed by atoms with Crippen LogP contribution in [0.15, 0.2) is 28.8 Å². The van der Waals surface area contributed by atoms with Gasteiger partial charge in [0.1, 0.15) is 12.4 Å². The molecule has 1 amide bonds. The minimum absolute atomic E-state index is 0.0624. The Bertz CT molecular complexity index is 731. The molecule has 2 aromatic rings. The van der Waals surface area contributed by atoms with Crippen molar-refractivity contribution < 1.29 is 23.2 Å². The topological polar surface area (TPSA) is 73.6 Å². The molecule has 1 aromatic heterocycles. The summed E-state index contributed by atoms with van der Waals surface area (Å²) in [6, 6.07) is 5.89. The molecule has 1 N–H and O–H groups in total. The molecule has 0 saturated carbocycles. The lowest BCUT2D eigenvalue weighted by Gasteiger charge is -2.07. The maximum atomic E-state index is 13.6. The van der Waals surface area contributed by atoms with Crippen molar-refractivity contribution in [3.63, 3.8) is 0 Å². The number of hydrogen-bond acceptors (Lipinski definition) is 5. The number of nitrogens with zero attached hydrogens (tertiary/aromatic N) is 1. The van der Waals surface area contributed by atoms with E-state index < -0.39 is 5.82 Å². The maximum absolute atomic E-state index is 13.6. The van der Waals surface area contributed by atoms with Gasteiger partial charge in [0.05, 0.1) is 13.2 Å². The minimum Gasteiger partial charge on any atom is -0.381 e. The molecule has 1 fully saturated rings. The lowest BCUT2D eigenvalue weighted by Crippen LogP contribution is -2.29. The molecule has 1 unspecified atom stereocenters. The highest BCUT2D eigenvalue weighted by molar-refractivity contribution is 6.30. The van der Waals surface area contributed by atoms with Crippen LogP contribution >= 0.6 is 11.6 Å². The molecular formula is C17H18ClFN2O4. The van der Waals surface area contributed by atoms with Crippen LogP contribution in [-0.4, -0.2) is 30.8 Å². The summed E-state index contributed by atoms with van der Waals surface area (Å²) in [6.45, 7) is 2.10. The van der Waals surface area contributed by atoms with Crippen molar-refractivity contribution in [1.82, 2.24) is 10.5 Å². The number of hydrogen-bond donors (Lipinski definition) is 1. The van der Waals surface area contributed by atoms with Crippen LogP contribution in [0.4, 0.5) is 4.39 Å². The van der Waals surface area contributed by atoms with Gasteiger partial charge in [-0.15, -0.1) is 0 Å². The molecule has 0 spiro atoms. The summed E-state index contributed by atoms with van der Waals surface area (Å²) >= 11 is 5.70. The molecule has 1 aromatic carbocycles. The number of carbonyl (C=O) groups excluding carboxylic acids is 1. The molecule has 25 heavy (non-hydrogen) atoms. The smallest absolute Gasteiger partial charge is 0.273 e. The molecule has 1 aliphatic heterocycles. The summed E-state index contributed by atoms with van der Waals surface area (Å²) in [5.74, 6) is 0.00308. The fourth-order valence-corrected chi connectivity index (χ4v) is 2.62. The van der Waals surface area contributed by atoms with Gasteiger partial charge in [0, 0.05) is 35.7 Å². The van der Waals surface area contributed by atoms with E-state index in [1.165, 1.54) is 12.1 Å². The van der Waals surface area contributed by atoms with Crippen molar-refractivity contribution in [2.24, 2.45) is 5.92 Å². The SMILES string of the molecule is O=C(NCC1CCOC1)c1cc(COCc2ccc(Cl)cc2F)on1. The second-order valence-corrected chi connectivity index (χ2v) is 6.28. The zero-order valence-corrected chi connectivity index (χ0v) is 14.2. The molecule has 1 aliphatic rings. The monoisotopic (exact) mass is 368 g/mol. The number of benzene rings is 1. The third kappa shape index (κ3) is 5.01. The number of rotatable bonds is 7. The number of carbonyl (C=O) groups is 1. The Morgan fingerprint density at radius 1 is 1.40 bits per heavy atom. The van der Waals surface area contributed by atoms with E-state index in [0.717, 1.165) is 13.0 Å². The molecular weight excluding hydrogens is 351 g/mol. The van der Waals surface area contributed by atoms with Crippen LogP contribution in [0.25, 0.3) is 0 Å². The van der Waals surface area contributed by atoms with Gasteiger partial charge in [-0.1, -0.05) is 22.8 Å². The maximum Gasteiger partial charge on any atom is 0.273 e. The number of nitrogens with one attached hydrogen (secondary N) is 1. The molecule has 3 rings (SSSR count). The second kappa shape index (κ2) is 8.42. The van der Waals surface area contributed by atoms with Crippen molar-refractivity contribution in [3.05, 3.63) is 52.1 Å². The van der Waals surface area contributed by atoms with Crippen LogP contribution in [0.3, 0.4) is 0 Å². The predicted molar refractivity (Wildman–Crippen MR) is 87.7 cm³/mol. The number of halogens is 2. The average molecular weight is 369 g/mol. The summed E-state index contributed by atoms with van der Waals surface area (Å²) in [6.07, 6.45) is 0.944. The van der Waals surface area contributed by atoms with Gasteiger partial charge in [-0.25, -0.2) is 4.39 Å². The molecule has 2 heterocycles. The van der Waals surface area contributed by atoms with Gasteiger partial charge < -0.3 is 19.3 Å². The second-order valence-electron chi connectivity index (χ2n) is 5.85. The van der Waals surface area contributed by atoms with Crippen molar-refractivity contribution >= 4 is 17.5 Å². The van der Waals surface area contributed by atoms with Crippen LogP contribution in [0.1, 0.15) is 28.2 Å². The Morgan fingerprint density at radius 2 is 2.28 bits per heavy atom. The average Bonchev–Trinajstić information content (AvgIpc) is 3.26. The van der Waals surface area contributed by atoms with Crippen molar-refractivity contribution in [1.29, 1.82) is 0 Å². The molecule has 0 bridgehead atoms. The third-order valence-electron chi connectivity index (χ3n) is 3.88. The molecule has 6 nitrogen and oxygen atoms in total. The molecule has 0 aliphatic carbocycles. The fraction of sp³-hybridized carbons (Fsp3) is 0.412. The van der Waals surface area contributed by atoms with Crippen LogP contribution < -0.4 is 5.32 Å². The van der Waals surface area contributed by atoms with E-state index in [0.29, 0.717) is 35.4 Å². The van der Waals surface area contributed by atoms with Crippen molar-refractivity contribution in [2.75, 3.05) is 19.8 Å². The Hall–Kier alpha value is -1.96. The van der Waals surface area contributed by atoms with E-state index in [1.54, 1.807) is 12.1 Å². The standard InChI is InChI=1S/C17H18ClFN2O4/c18-13-2-1-12(15(19)5-13)9-24-10-14-6-16(21-25-14)17(22)20-7-11-3-4-23-8-11/h1-2,5-6,11H,3-4,7-10H2,(H,20,22). The van der Waals surface area contributed by atoms with Crippen molar-refractivity contribution in [2.45, 2.75) is 19.6 Å². The first-order chi connectivity index (χ1) is 12.1. The quantitative estimate of drug-likeness (QED) is 0.813. The van der Waals surface area contributed by atoms with Gasteiger partial charge in [0.2, 0.25) is 0 Å². The molecule has 0 radical (unpaired) electrons. The van der Waals surface area contributed by atoms with Crippen LogP contribution in [0, 0.1) is 11.7 Å². The van der Waals surface area contributed by atoms with Crippen LogP contribution in [0.2, 0.25) is 5.02 Å². The third-order valence-corrected chi connectivity index (χ3v) is 4.12. The molecule has 8 heteroatoms. The van der Waals surface area contributed by atoms with E-state index in [4.69, 9.17) is 25.6 Å². The molecule has 1 saturated heterocycles. The highest BCUT2D eigenvalue weighted by Gasteiger charge is 2.18. The van der Waals surface area contributed by atoms with Gasteiger partial charge in [0.15, 0.2) is 11.5 Å². The summed E-state index contributed by atoms with van der Waals surface area (Å²) in [7, 11) is 0. The zero-order valence-electron chi connectivity index (χ0n) is 13.5. The van der Waals surface area contributed by atoms with E-state index in [-0.39, 0.29) is 24.8 Å². The largest absolute Gasteiger partial charge is 0.381 e. The van der Waals surface area contributed by atoms with Gasteiger partial charge >= 0.3 is 0 Å². The first-order valence-corrected chi connectivity index (χ1v) is 8.33. The van der Waals surface area contributed by atoms with Gasteiger partial charge in [-0.2, -0.15) is 0 Å². The Labute approximate surface area is 149 Å². The summed E-state index contributed by atoms with van der Waals surface area (Å²) in [4.78, 5) is 12.0. The summed E-state index contributed by atoms with van der Waals surface area (Å²) in [5.41, 5.74) is 0.579. The lowest BCUT2D eigenvalue weighted by molar-refractivity contribution is 0.0859. The van der Waals surface area contributed by atoms with E-state index in [1.807, 2.05) is 0 Å².